The van der Waals surface area contributed by atoms with Gasteiger partial charge in [-0.25, -0.2) is 0 Å². The first-order valence-electron chi connectivity index (χ1n) is 6.31. The lowest BCUT2D eigenvalue weighted by molar-refractivity contribution is 0.415. The fourth-order valence-corrected chi connectivity index (χ4v) is 2.27. The molecule has 3 nitrogen and oxygen atoms in total. The van der Waals surface area contributed by atoms with Crippen LogP contribution in [0.2, 0.25) is 0 Å². The van der Waals surface area contributed by atoms with Crippen LogP contribution in [-0.4, -0.2) is 49.9 Å². The van der Waals surface area contributed by atoms with Crippen LogP contribution in [-0.2, 0) is 0 Å². The smallest absolute Gasteiger partial charge is 0.0186 e. The summed E-state index contributed by atoms with van der Waals surface area (Å²) < 4.78 is 3.40. The molecule has 0 aromatic rings. The van der Waals surface area contributed by atoms with Crippen molar-refractivity contribution in [2.45, 2.75) is 45.7 Å². The molecule has 4 heteroatoms. The zero-order valence-corrected chi connectivity index (χ0v) is 12.4. The Morgan fingerprint density at radius 3 is 2.44 bits per heavy atom. The quantitative estimate of drug-likeness (QED) is 0.456. The van der Waals surface area contributed by atoms with Gasteiger partial charge in [-0.2, -0.15) is 0 Å². The molecule has 0 saturated heterocycles. The summed E-state index contributed by atoms with van der Waals surface area (Å²) in [6.07, 6.45) is 2.46. The maximum absolute atomic E-state index is 3.59. The molecule has 2 N–H and O–H groups in total. The van der Waals surface area contributed by atoms with E-state index >= 15 is 0 Å². The predicted molar refractivity (Wildman–Crippen MR) is 76.0 cm³/mol. The molecular weight excluding hydrogens is 218 g/mol. The summed E-state index contributed by atoms with van der Waals surface area (Å²) in [6.45, 7) is 8.85. The van der Waals surface area contributed by atoms with E-state index in [1.807, 2.05) is 11.9 Å². The molecule has 0 bridgehead atoms. The summed E-state index contributed by atoms with van der Waals surface area (Å²) in [5, 5.41) is 3.59. The molecule has 98 valence electrons. The van der Waals surface area contributed by atoms with Crippen LogP contribution >= 0.6 is 11.9 Å². The molecule has 0 aliphatic rings. The topological polar surface area (TPSA) is 27.3 Å². The van der Waals surface area contributed by atoms with Crippen LogP contribution in [0.3, 0.4) is 0 Å². The summed E-state index contributed by atoms with van der Waals surface area (Å²) in [7, 11) is 4.21. The highest BCUT2D eigenvalue weighted by Gasteiger charge is 2.06. The Morgan fingerprint density at radius 2 is 1.94 bits per heavy atom. The Hall–Kier alpha value is 0.230. The Kier molecular flexibility index (Phi) is 10.5. The van der Waals surface area contributed by atoms with Gasteiger partial charge in [0.25, 0.3) is 0 Å². The van der Waals surface area contributed by atoms with Crippen LogP contribution in [0.25, 0.3) is 0 Å². The Morgan fingerprint density at radius 1 is 1.25 bits per heavy atom. The third kappa shape index (κ3) is 10.7. The van der Waals surface area contributed by atoms with Crippen molar-refractivity contribution < 1.29 is 0 Å². The summed E-state index contributed by atoms with van der Waals surface area (Å²) in [5.74, 6) is 1.19. The highest BCUT2D eigenvalue weighted by molar-refractivity contribution is 7.97. The average Bonchev–Trinajstić information content (AvgIpc) is 2.20. The van der Waals surface area contributed by atoms with E-state index in [1.165, 1.54) is 18.6 Å². The standard InChI is InChI=1S/C12H29N3S/c1-6-12(14-11(2)3)7-10-16-13-8-9-15(4)5/h11-14H,6-10H2,1-5H3. The Labute approximate surface area is 106 Å². The van der Waals surface area contributed by atoms with Crippen LogP contribution in [0.4, 0.5) is 0 Å². The first-order chi connectivity index (χ1) is 7.56. The first-order valence-corrected chi connectivity index (χ1v) is 7.30. The van der Waals surface area contributed by atoms with Crippen molar-refractivity contribution >= 4 is 11.9 Å². The van der Waals surface area contributed by atoms with Crippen LogP contribution in [0.1, 0.15) is 33.6 Å². The molecular formula is C12H29N3S. The molecule has 0 radical (unpaired) electrons. The lowest BCUT2D eigenvalue weighted by atomic mass is 10.1. The molecule has 0 fully saturated rings. The number of nitrogens with one attached hydrogen (secondary N) is 2. The number of rotatable bonds is 10. The van der Waals surface area contributed by atoms with Crippen LogP contribution in [0, 0.1) is 0 Å². The van der Waals surface area contributed by atoms with Gasteiger partial charge < -0.3 is 10.2 Å². The van der Waals surface area contributed by atoms with Crippen molar-refractivity contribution in [3.63, 3.8) is 0 Å². The Balaban J connectivity index is 3.34. The van der Waals surface area contributed by atoms with Gasteiger partial charge in [0.2, 0.25) is 0 Å². The normalized spacial score (nSPS) is 13.7. The largest absolute Gasteiger partial charge is 0.312 e. The van der Waals surface area contributed by atoms with Crippen molar-refractivity contribution in [2.75, 3.05) is 32.9 Å². The molecule has 0 rings (SSSR count). The van der Waals surface area contributed by atoms with Crippen molar-refractivity contribution in [3.8, 4) is 0 Å². The molecule has 0 saturated carbocycles. The molecule has 0 spiro atoms. The van der Waals surface area contributed by atoms with Gasteiger partial charge in [0.15, 0.2) is 0 Å². The van der Waals surface area contributed by atoms with Gasteiger partial charge in [-0.1, -0.05) is 32.7 Å². The van der Waals surface area contributed by atoms with E-state index in [-0.39, 0.29) is 0 Å². The van der Waals surface area contributed by atoms with Crippen molar-refractivity contribution in [1.29, 1.82) is 0 Å². The number of likely N-dealkylation sites (N-methyl/N-ethyl adjacent to an activating group) is 1. The van der Waals surface area contributed by atoms with E-state index in [0.29, 0.717) is 12.1 Å². The van der Waals surface area contributed by atoms with E-state index < -0.39 is 0 Å². The zero-order chi connectivity index (χ0) is 12.4. The summed E-state index contributed by atoms with van der Waals surface area (Å²) in [5.41, 5.74) is 0. The molecule has 1 unspecified atom stereocenters. The number of hydrogen-bond acceptors (Lipinski definition) is 4. The summed E-state index contributed by atoms with van der Waals surface area (Å²) >= 11 is 1.85. The maximum Gasteiger partial charge on any atom is 0.0186 e. The number of nitrogens with zero attached hydrogens (tertiary/aromatic N) is 1. The van der Waals surface area contributed by atoms with Crippen molar-refractivity contribution in [3.05, 3.63) is 0 Å². The predicted octanol–water partition coefficient (Wildman–Crippen LogP) is 1.95. The maximum atomic E-state index is 3.59. The van der Waals surface area contributed by atoms with E-state index in [0.717, 1.165) is 13.1 Å². The minimum Gasteiger partial charge on any atom is -0.312 e. The van der Waals surface area contributed by atoms with Gasteiger partial charge in [0.1, 0.15) is 0 Å². The Bertz CT molecular complexity index is 151. The summed E-state index contributed by atoms with van der Waals surface area (Å²) in [4.78, 5) is 2.20. The molecule has 0 aliphatic carbocycles. The summed E-state index contributed by atoms with van der Waals surface area (Å²) in [6, 6.07) is 1.26. The van der Waals surface area contributed by atoms with Crippen molar-refractivity contribution in [2.24, 2.45) is 0 Å². The van der Waals surface area contributed by atoms with E-state index in [9.17, 15) is 0 Å². The van der Waals surface area contributed by atoms with Crippen molar-refractivity contribution in [1.82, 2.24) is 14.9 Å². The van der Waals surface area contributed by atoms with E-state index in [1.54, 1.807) is 0 Å². The molecule has 16 heavy (non-hydrogen) atoms. The molecule has 0 heterocycles. The highest BCUT2D eigenvalue weighted by atomic mass is 32.2. The zero-order valence-electron chi connectivity index (χ0n) is 11.5. The van der Waals surface area contributed by atoms with Crippen LogP contribution in [0.15, 0.2) is 0 Å². The molecule has 1 atom stereocenters. The van der Waals surface area contributed by atoms with Gasteiger partial charge in [-0.15, -0.1) is 0 Å². The second-order valence-electron chi connectivity index (χ2n) is 4.76. The van der Waals surface area contributed by atoms with Gasteiger partial charge in [-0.05, 0) is 26.9 Å². The van der Waals surface area contributed by atoms with E-state index in [2.05, 4.69) is 49.8 Å². The number of hydrogen-bond donors (Lipinski definition) is 2. The van der Waals surface area contributed by atoms with Crippen LogP contribution < -0.4 is 10.0 Å². The fourth-order valence-electron chi connectivity index (χ4n) is 1.49. The molecule has 0 aromatic heterocycles. The molecule has 0 amide bonds. The third-order valence-electron chi connectivity index (χ3n) is 2.39. The minimum atomic E-state index is 0.594. The first kappa shape index (κ1) is 16.2. The monoisotopic (exact) mass is 247 g/mol. The van der Waals surface area contributed by atoms with Gasteiger partial charge in [-0.3, -0.25) is 4.72 Å². The molecule has 0 aliphatic heterocycles. The second-order valence-corrected chi connectivity index (χ2v) is 5.75. The highest BCUT2D eigenvalue weighted by Crippen LogP contribution is 2.04. The fraction of sp³-hybridized carbons (Fsp3) is 1.00. The third-order valence-corrected chi connectivity index (χ3v) is 3.24. The lowest BCUT2D eigenvalue weighted by Gasteiger charge is -2.19. The minimum absolute atomic E-state index is 0.594. The van der Waals surface area contributed by atoms with Gasteiger partial charge in [0, 0.05) is 30.9 Å². The lowest BCUT2D eigenvalue weighted by Crippen LogP contribution is -2.34. The molecule has 0 aromatic carbocycles. The SMILES string of the molecule is CCC(CCSNCCN(C)C)NC(C)C. The van der Waals surface area contributed by atoms with E-state index in [4.69, 9.17) is 0 Å². The average molecular weight is 247 g/mol. The second kappa shape index (κ2) is 10.4. The van der Waals surface area contributed by atoms with Gasteiger partial charge >= 0.3 is 0 Å². The van der Waals surface area contributed by atoms with Crippen LogP contribution in [0.5, 0.6) is 0 Å². The van der Waals surface area contributed by atoms with Gasteiger partial charge in [0.05, 0.1) is 0 Å².